The third-order valence-electron chi connectivity index (χ3n) is 4.88. The van der Waals surface area contributed by atoms with E-state index in [0.29, 0.717) is 0 Å². The van der Waals surface area contributed by atoms with Crippen molar-refractivity contribution in [3.05, 3.63) is 57.8 Å². The normalized spacial score (nSPS) is 18.1. The number of benzene rings is 1. The van der Waals surface area contributed by atoms with Crippen LogP contribution >= 0.6 is 11.3 Å². The largest absolute Gasteiger partial charge is 0.350 e. The van der Waals surface area contributed by atoms with Gasteiger partial charge in [0, 0.05) is 13.0 Å². The Hall–Kier alpha value is -2.95. The van der Waals surface area contributed by atoms with Crippen LogP contribution < -0.4 is 15.8 Å². The van der Waals surface area contributed by atoms with E-state index in [2.05, 4.69) is 15.4 Å². The highest BCUT2D eigenvalue weighted by Crippen LogP contribution is 2.37. The molecular formula is C19H18F3N5O2S. The molecule has 0 spiro atoms. The summed E-state index contributed by atoms with van der Waals surface area (Å²) in [7, 11) is 0. The molecule has 158 valence electrons. The minimum absolute atomic E-state index is 0.0147. The first-order valence-corrected chi connectivity index (χ1v) is 10.1. The summed E-state index contributed by atoms with van der Waals surface area (Å²) in [6, 6.07) is 7.91. The molecule has 7 nitrogen and oxygen atoms in total. The van der Waals surface area contributed by atoms with Crippen molar-refractivity contribution in [3.63, 3.8) is 0 Å². The van der Waals surface area contributed by atoms with E-state index in [-0.39, 0.29) is 28.8 Å². The van der Waals surface area contributed by atoms with Crippen molar-refractivity contribution < 1.29 is 18.0 Å². The van der Waals surface area contributed by atoms with Gasteiger partial charge < -0.3 is 10.2 Å². The van der Waals surface area contributed by atoms with Gasteiger partial charge in [0.05, 0.1) is 12.2 Å². The molecule has 1 aliphatic heterocycles. The number of aromatic nitrogens is 3. The average Bonchev–Trinajstić information content (AvgIpc) is 3.30. The van der Waals surface area contributed by atoms with E-state index in [0.717, 1.165) is 26.3 Å². The van der Waals surface area contributed by atoms with Crippen LogP contribution in [0.5, 0.6) is 0 Å². The van der Waals surface area contributed by atoms with Crippen molar-refractivity contribution in [3.8, 4) is 0 Å². The molecule has 1 saturated heterocycles. The lowest BCUT2D eigenvalue weighted by Crippen LogP contribution is -2.43. The van der Waals surface area contributed by atoms with Crippen molar-refractivity contribution in [2.75, 3.05) is 11.4 Å². The molecule has 0 radical (unpaired) electrons. The second kappa shape index (κ2) is 7.71. The molecule has 1 amide bonds. The van der Waals surface area contributed by atoms with E-state index < -0.39 is 42.2 Å². The lowest BCUT2D eigenvalue weighted by atomic mass is 10.1. The van der Waals surface area contributed by atoms with Crippen LogP contribution in [0.4, 0.5) is 18.3 Å². The summed E-state index contributed by atoms with van der Waals surface area (Å²) in [5.41, 5.74) is -0.171. The minimum Gasteiger partial charge on any atom is -0.350 e. The number of halogens is 3. The molecular weight excluding hydrogens is 419 g/mol. The van der Waals surface area contributed by atoms with Gasteiger partial charge in [-0.1, -0.05) is 48.6 Å². The number of rotatable bonds is 5. The topological polar surface area (TPSA) is 79.6 Å². The fourth-order valence-corrected chi connectivity index (χ4v) is 4.32. The smallest absolute Gasteiger partial charge is 0.311 e. The summed E-state index contributed by atoms with van der Waals surface area (Å²) in [6.45, 7) is 1.12. The number of carbonyl (C=O) groups is 1. The molecule has 0 bridgehead atoms. The first kappa shape index (κ1) is 20.3. The van der Waals surface area contributed by atoms with Gasteiger partial charge in [0.1, 0.15) is 6.04 Å². The molecule has 1 atom stereocenters. The maximum absolute atomic E-state index is 14.2. The Morgan fingerprint density at radius 3 is 2.77 bits per heavy atom. The first-order valence-electron chi connectivity index (χ1n) is 9.33. The van der Waals surface area contributed by atoms with Crippen LogP contribution in [0.15, 0.2) is 35.1 Å². The van der Waals surface area contributed by atoms with Gasteiger partial charge in [-0.15, -0.1) is 5.10 Å². The quantitative estimate of drug-likeness (QED) is 0.663. The maximum Gasteiger partial charge on any atom is 0.311 e. The fraction of sp³-hybridized carbons (Fsp3) is 0.368. The molecule has 1 aliphatic rings. The zero-order valence-electron chi connectivity index (χ0n) is 15.9. The number of aryl methyl sites for hydroxylation is 1. The second-order valence-electron chi connectivity index (χ2n) is 7.02. The predicted molar refractivity (Wildman–Crippen MR) is 105 cm³/mol. The van der Waals surface area contributed by atoms with Crippen LogP contribution in [-0.2, 0) is 17.8 Å². The third kappa shape index (κ3) is 3.76. The zero-order chi connectivity index (χ0) is 21.5. The Balaban J connectivity index is 1.63. The number of nitrogens with zero attached hydrogens (tertiary/aromatic N) is 4. The molecule has 1 aromatic carbocycles. The molecule has 0 aliphatic carbocycles. The number of hydrogen-bond donors (Lipinski definition) is 1. The lowest BCUT2D eigenvalue weighted by Gasteiger charge is -2.21. The van der Waals surface area contributed by atoms with Crippen molar-refractivity contribution in [1.82, 2.24) is 19.9 Å². The fourth-order valence-electron chi connectivity index (χ4n) is 3.36. The first-order chi connectivity index (χ1) is 14.3. The Labute approximate surface area is 173 Å². The van der Waals surface area contributed by atoms with Crippen LogP contribution in [0.25, 0.3) is 4.96 Å². The Bertz CT molecular complexity index is 1150. The highest BCUT2D eigenvalue weighted by molar-refractivity contribution is 7.20. The van der Waals surface area contributed by atoms with Gasteiger partial charge in [-0.05, 0) is 12.0 Å². The standard InChI is InChI=1S/C19H18F3N5O2S/c1-2-12-14(20)16(29)27-17(24-12)30-18(25-27)26-10-19(21,22)8-13(26)15(28)23-9-11-6-4-3-5-7-11/h3-7,13H,2,8-10H2,1H3,(H,23,28)/t13-/m1/s1. The monoisotopic (exact) mass is 437 g/mol. The van der Waals surface area contributed by atoms with Crippen molar-refractivity contribution in [2.24, 2.45) is 0 Å². The van der Waals surface area contributed by atoms with Crippen molar-refractivity contribution in [1.29, 1.82) is 0 Å². The molecule has 30 heavy (non-hydrogen) atoms. The zero-order valence-corrected chi connectivity index (χ0v) is 16.8. The van der Waals surface area contributed by atoms with Crippen molar-refractivity contribution in [2.45, 2.75) is 38.3 Å². The maximum atomic E-state index is 14.2. The second-order valence-corrected chi connectivity index (χ2v) is 7.95. The molecule has 11 heteroatoms. The number of fused-ring (bicyclic) bond motifs is 1. The highest BCUT2D eigenvalue weighted by atomic mass is 32.1. The summed E-state index contributed by atoms with van der Waals surface area (Å²) < 4.78 is 43.2. The lowest BCUT2D eigenvalue weighted by molar-refractivity contribution is -0.123. The molecule has 0 unspecified atom stereocenters. The highest BCUT2D eigenvalue weighted by Gasteiger charge is 2.49. The molecule has 1 N–H and O–H groups in total. The van der Waals surface area contributed by atoms with Crippen LogP contribution in [0, 0.1) is 5.82 Å². The Morgan fingerprint density at radius 1 is 1.33 bits per heavy atom. The Kier molecular flexibility index (Phi) is 5.22. The van der Waals surface area contributed by atoms with Crippen molar-refractivity contribution >= 4 is 27.3 Å². The SMILES string of the molecule is CCc1nc2sc(N3CC(F)(F)C[C@@H]3C(=O)NCc3ccccc3)nn2c(=O)c1F. The van der Waals surface area contributed by atoms with Crippen LogP contribution in [0.1, 0.15) is 24.6 Å². The van der Waals surface area contributed by atoms with E-state index in [1.807, 2.05) is 30.3 Å². The summed E-state index contributed by atoms with van der Waals surface area (Å²) in [4.78, 5) is 30.2. The summed E-state index contributed by atoms with van der Waals surface area (Å²) in [5, 5.41) is 6.67. The van der Waals surface area contributed by atoms with Crippen LogP contribution in [-0.4, -0.2) is 39.0 Å². The van der Waals surface area contributed by atoms with E-state index in [9.17, 15) is 22.8 Å². The molecule has 1 fully saturated rings. The van der Waals surface area contributed by atoms with Gasteiger partial charge >= 0.3 is 5.56 Å². The summed E-state index contributed by atoms with van der Waals surface area (Å²) in [6.07, 6.45) is -0.475. The average molecular weight is 437 g/mol. The molecule has 2 aromatic heterocycles. The number of nitrogens with one attached hydrogen (secondary N) is 1. The number of carbonyl (C=O) groups excluding carboxylic acids is 1. The minimum atomic E-state index is -3.11. The van der Waals surface area contributed by atoms with Gasteiger partial charge in [0.15, 0.2) is 0 Å². The number of alkyl halides is 2. The number of hydrogen-bond acceptors (Lipinski definition) is 6. The van der Waals surface area contributed by atoms with Crippen LogP contribution in [0.2, 0.25) is 0 Å². The van der Waals surface area contributed by atoms with E-state index >= 15 is 0 Å². The summed E-state index contributed by atoms with van der Waals surface area (Å²) in [5.74, 6) is -4.70. The number of anilines is 1. The Morgan fingerprint density at radius 2 is 2.07 bits per heavy atom. The predicted octanol–water partition coefficient (Wildman–Crippen LogP) is 2.38. The van der Waals surface area contributed by atoms with E-state index in [1.54, 1.807) is 6.92 Å². The molecule has 0 saturated carbocycles. The van der Waals surface area contributed by atoms with Gasteiger partial charge in [-0.25, -0.2) is 13.8 Å². The van der Waals surface area contributed by atoms with E-state index in [4.69, 9.17) is 0 Å². The van der Waals surface area contributed by atoms with Crippen LogP contribution in [0.3, 0.4) is 0 Å². The summed E-state index contributed by atoms with van der Waals surface area (Å²) >= 11 is 0.870. The molecule has 3 aromatic rings. The third-order valence-corrected chi connectivity index (χ3v) is 5.82. The van der Waals surface area contributed by atoms with Gasteiger partial charge in [-0.3, -0.25) is 9.59 Å². The molecule has 4 rings (SSSR count). The van der Waals surface area contributed by atoms with Gasteiger partial charge in [-0.2, -0.15) is 8.91 Å². The van der Waals surface area contributed by atoms with E-state index in [1.165, 1.54) is 0 Å². The van der Waals surface area contributed by atoms with Gasteiger partial charge in [0.25, 0.3) is 5.92 Å². The van der Waals surface area contributed by atoms with Gasteiger partial charge in [0.2, 0.25) is 21.8 Å². The number of amides is 1. The molecule has 3 heterocycles.